The minimum atomic E-state index is 0. The molecular formula is C16H27Cl2N3. The van der Waals surface area contributed by atoms with E-state index in [4.69, 9.17) is 0 Å². The zero-order valence-electron chi connectivity index (χ0n) is 12.5. The van der Waals surface area contributed by atoms with Gasteiger partial charge in [-0.05, 0) is 24.9 Å². The molecule has 0 radical (unpaired) electrons. The van der Waals surface area contributed by atoms with Gasteiger partial charge in [0, 0.05) is 45.3 Å². The quantitative estimate of drug-likeness (QED) is 0.913. The molecule has 120 valence electrons. The lowest BCUT2D eigenvalue weighted by Crippen LogP contribution is -2.49. The van der Waals surface area contributed by atoms with Crippen LogP contribution in [0.15, 0.2) is 30.3 Å². The molecule has 3 rings (SSSR count). The summed E-state index contributed by atoms with van der Waals surface area (Å²) < 4.78 is 0. The highest BCUT2D eigenvalue weighted by atomic mass is 35.5. The summed E-state index contributed by atoms with van der Waals surface area (Å²) in [7, 11) is 0. The van der Waals surface area contributed by atoms with Crippen molar-refractivity contribution in [2.45, 2.75) is 25.4 Å². The molecule has 1 aromatic rings. The molecular weight excluding hydrogens is 305 g/mol. The van der Waals surface area contributed by atoms with Gasteiger partial charge in [0.05, 0.1) is 0 Å². The fraction of sp³-hybridized carbons (Fsp3) is 0.625. The van der Waals surface area contributed by atoms with Gasteiger partial charge < -0.3 is 5.32 Å². The van der Waals surface area contributed by atoms with Crippen molar-refractivity contribution in [3.8, 4) is 0 Å². The molecule has 2 aliphatic heterocycles. The first-order chi connectivity index (χ1) is 9.40. The van der Waals surface area contributed by atoms with Crippen LogP contribution in [-0.4, -0.2) is 55.1 Å². The molecule has 3 nitrogen and oxygen atoms in total. The highest BCUT2D eigenvalue weighted by Gasteiger charge is 2.21. The summed E-state index contributed by atoms with van der Waals surface area (Å²) in [5.74, 6) is 0. The van der Waals surface area contributed by atoms with Crippen molar-refractivity contribution in [2.75, 3.05) is 39.3 Å². The van der Waals surface area contributed by atoms with Crippen molar-refractivity contribution in [2.24, 2.45) is 0 Å². The van der Waals surface area contributed by atoms with Crippen molar-refractivity contribution in [1.82, 2.24) is 15.1 Å². The monoisotopic (exact) mass is 331 g/mol. The van der Waals surface area contributed by atoms with Crippen molar-refractivity contribution >= 4 is 24.8 Å². The molecule has 2 fully saturated rings. The molecule has 1 atom stereocenters. The molecule has 0 aromatic heterocycles. The number of nitrogens with zero attached hydrogens (tertiary/aromatic N) is 2. The van der Waals surface area contributed by atoms with E-state index < -0.39 is 0 Å². The number of nitrogens with one attached hydrogen (secondary N) is 1. The van der Waals surface area contributed by atoms with E-state index in [9.17, 15) is 0 Å². The topological polar surface area (TPSA) is 18.5 Å². The first-order valence-corrected chi connectivity index (χ1v) is 7.62. The number of halogens is 2. The molecule has 1 unspecified atom stereocenters. The molecule has 5 heteroatoms. The van der Waals surface area contributed by atoms with Gasteiger partial charge in [0.1, 0.15) is 0 Å². The van der Waals surface area contributed by atoms with Gasteiger partial charge in [0.15, 0.2) is 0 Å². The Bertz CT molecular complexity index is 374. The second kappa shape index (κ2) is 9.65. The Morgan fingerprint density at radius 3 is 2.24 bits per heavy atom. The Morgan fingerprint density at radius 2 is 1.62 bits per heavy atom. The first kappa shape index (κ1) is 18.7. The Labute approximate surface area is 140 Å². The average Bonchev–Trinajstić information content (AvgIpc) is 2.95. The summed E-state index contributed by atoms with van der Waals surface area (Å²) in [5, 5.41) is 3.60. The van der Waals surface area contributed by atoms with Crippen LogP contribution in [0.5, 0.6) is 0 Å². The van der Waals surface area contributed by atoms with Gasteiger partial charge >= 0.3 is 0 Å². The van der Waals surface area contributed by atoms with E-state index in [1.54, 1.807) is 0 Å². The van der Waals surface area contributed by atoms with Crippen LogP contribution in [0.4, 0.5) is 0 Å². The predicted molar refractivity (Wildman–Crippen MR) is 93.7 cm³/mol. The van der Waals surface area contributed by atoms with Crippen LogP contribution in [0.1, 0.15) is 18.4 Å². The van der Waals surface area contributed by atoms with Crippen LogP contribution in [0.25, 0.3) is 0 Å². The van der Waals surface area contributed by atoms with Crippen molar-refractivity contribution < 1.29 is 0 Å². The number of hydrogen-bond acceptors (Lipinski definition) is 3. The minimum absolute atomic E-state index is 0. The Hall–Kier alpha value is -0.320. The summed E-state index contributed by atoms with van der Waals surface area (Å²) in [6.45, 7) is 8.45. The molecule has 0 aliphatic carbocycles. The molecule has 0 saturated carbocycles. The van der Waals surface area contributed by atoms with E-state index >= 15 is 0 Å². The Morgan fingerprint density at radius 1 is 0.952 bits per heavy atom. The zero-order chi connectivity index (χ0) is 12.9. The lowest BCUT2D eigenvalue weighted by atomic mass is 10.1. The minimum Gasteiger partial charge on any atom is -0.313 e. The van der Waals surface area contributed by atoms with Crippen LogP contribution in [0, 0.1) is 0 Å². The molecule has 2 heterocycles. The zero-order valence-corrected chi connectivity index (χ0v) is 14.2. The van der Waals surface area contributed by atoms with E-state index in [1.165, 1.54) is 57.7 Å². The van der Waals surface area contributed by atoms with Crippen molar-refractivity contribution in [3.63, 3.8) is 0 Å². The molecule has 2 saturated heterocycles. The predicted octanol–water partition coefficient (Wildman–Crippen LogP) is 2.40. The van der Waals surface area contributed by atoms with Gasteiger partial charge in [0.25, 0.3) is 0 Å². The maximum Gasteiger partial charge on any atom is 0.0234 e. The smallest absolute Gasteiger partial charge is 0.0234 e. The van der Waals surface area contributed by atoms with Gasteiger partial charge in [-0.1, -0.05) is 30.3 Å². The normalized spacial score (nSPS) is 23.3. The van der Waals surface area contributed by atoms with Crippen molar-refractivity contribution in [1.29, 1.82) is 0 Å². The van der Waals surface area contributed by atoms with E-state index in [0.29, 0.717) is 0 Å². The SMILES string of the molecule is Cl.Cl.c1ccc(CN2CCN(CC3CCCN3)CC2)cc1. The third kappa shape index (κ3) is 5.76. The molecule has 2 aliphatic rings. The van der Waals surface area contributed by atoms with E-state index in [0.717, 1.165) is 12.6 Å². The maximum absolute atomic E-state index is 3.60. The highest BCUT2D eigenvalue weighted by Crippen LogP contribution is 2.11. The van der Waals surface area contributed by atoms with Crippen LogP contribution >= 0.6 is 24.8 Å². The number of rotatable bonds is 4. The maximum atomic E-state index is 3.60. The fourth-order valence-corrected chi connectivity index (χ4v) is 3.20. The van der Waals surface area contributed by atoms with Gasteiger partial charge in [-0.15, -0.1) is 24.8 Å². The standard InChI is InChI=1S/C16H25N3.2ClH/c1-2-5-15(6-3-1)13-18-9-11-19(12-10-18)14-16-7-4-8-17-16;;/h1-3,5-6,16-17H,4,7-14H2;2*1H. The summed E-state index contributed by atoms with van der Waals surface area (Å²) in [4.78, 5) is 5.21. The third-order valence-corrected chi connectivity index (χ3v) is 4.35. The first-order valence-electron chi connectivity index (χ1n) is 7.62. The van der Waals surface area contributed by atoms with E-state index in [-0.39, 0.29) is 24.8 Å². The number of hydrogen-bond donors (Lipinski definition) is 1. The van der Waals surface area contributed by atoms with Gasteiger partial charge in [-0.2, -0.15) is 0 Å². The largest absolute Gasteiger partial charge is 0.313 e. The molecule has 21 heavy (non-hydrogen) atoms. The molecule has 0 bridgehead atoms. The summed E-state index contributed by atoms with van der Waals surface area (Å²) in [6, 6.07) is 11.6. The number of piperazine rings is 1. The van der Waals surface area contributed by atoms with Crippen LogP contribution in [0.2, 0.25) is 0 Å². The molecule has 0 spiro atoms. The number of benzene rings is 1. The van der Waals surface area contributed by atoms with E-state index in [2.05, 4.69) is 45.4 Å². The van der Waals surface area contributed by atoms with Gasteiger partial charge in [-0.3, -0.25) is 9.80 Å². The van der Waals surface area contributed by atoms with Crippen LogP contribution in [-0.2, 0) is 6.54 Å². The van der Waals surface area contributed by atoms with Crippen LogP contribution < -0.4 is 5.32 Å². The lowest BCUT2D eigenvalue weighted by molar-refractivity contribution is 0.120. The van der Waals surface area contributed by atoms with Gasteiger partial charge in [0.2, 0.25) is 0 Å². The lowest BCUT2D eigenvalue weighted by Gasteiger charge is -2.36. The van der Waals surface area contributed by atoms with Crippen molar-refractivity contribution in [3.05, 3.63) is 35.9 Å². The highest BCUT2D eigenvalue weighted by molar-refractivity contribution is 5.85. The summed E-state index contributed by atoms with van der Waals surface area (Å²) in [6.07, 6.45) is 2.73. The molecule has 0 amide bonds. The molecule has 1 aromatic carbocycles. The second-order valence-corrected chi connectivity index (χ2v) is 5.86. The van der Waals surface area contributed by atoms with Gasteiger partial charge in [-0.25, -0.2) is 0 Å². The third-order valence-electron chi connectivity index (χ3n) is 4.35. The average molecular weight is 332 g/mol. The Balaban J connectivity index is 0.00000110. The Kier molecular flexibility index (Phi) is 8.60. The summed E-state index contributed by atoms with van der Waals surface area (Å²) in [5.41, 5.74) is 1.44. The fourth-order valence-electron chi connectivity index (χ4n) is 3.20. The van der Waals surface area contributed by atoms with E-state index in [1.807, 2.05) is 0 Å². The molecule has 1 N–H and O–H groups in total. The second-order valence-electron chi connectivity index (χ2n) is 5.86. The summed E-state index contributed by atoms with van der Waals surface area (Å²) >= 11 is 0. The van der Waals surface area contributed by atoms with Crippen LogP contribution in [0.3, 0.4) is 0 Å².